The number of piperazine rings is 1. The van der Waals surface area contributed by atoms with E-state index in [9.17, 15) is 14.7 Å². The zero-order chi connectivity index (χ0) is 18.0. The van der Waals surface area contributed by atoms with E-state index in [-0.39, 0.29) is 23.8 Å². The van der Waals surface area contributed by atoms with Crippen LogP contribution in [-0.2, 0) is 4.79 Å². The summed E-state index contributed by atoms with van der Waals surface area (Å²) in [5, 5.41) is 9.74. The molecule has 0 radical (unpaired) electrons. The molecule has 3 atom stereocenters. The Labute approximate surface area is 147 Å². The van der Waals surface area contributed by atoms with Gasteiger partial charge in [-0.2, -0.15) is 0 Å². The third-order valence-electron chi connectivity index (χ3n) is 5.14. The normalized spacial score (nSPS) is 26.6. The molecule has 1 heterocycles. The fourth-order valence-corrected chi connectivity index (χ4v) is 3.55. The molecule has 1 saturated carbocycles. The Morgan fingerprint density at radius 2 is 1.68 bits per heavy atom. The first-order valence-electron chi connectivity index (χ1n) is 8.65. The molecule has 0 bridgehead atoms. The molecule has 1 aliphatic heterocycles. The smallest absolute Gasteiger partial charge is 0.253 e. The van der Waals surface area contributed by atoms with E-state index in [0.717, 1.165) is 0 Å². The number of nitrogens with two attached hydrogens (primary N) is 1. The standard InChI is InChI=1S/C18H25N3O4/c1-25-14-4-2-12(3-5-14)17(23)20-6-8-21(9-7-20)18(24)13-10-15(19)16(22)11-13/h2-5,13,15-16,22H,6-11,19H2,1H3/t13-,15-,16-/m0/s1. The average molecular weight is 347 g/mol. The zero-order valence-corrected chi connectivity index (χ0v) is 14.4. The van der Waals surface area contributed by atoms with Gasteiger partial charge in [-0.15, -0.1) is 0 Å². The molecule has 2 fully saturated rings. The van der Waals surface area contributed by atoms with Gasteiger partial charge in [-0.05, 0) is 37.1 Å². The van der Waals surface area contributed by atoms with Crippen molar-refractivity contribution in [3.63, 3.8) is 0 Å². The number of amides is 2. The number of benzene rings is 1. The van der Waals surface area contributed by atoms with Crippen molar-refractivity contribution in [2.45, 2.75) is 25.0 Å². The maximum Gasteiger partial charge on any atom is 0.253 e. The molecular weight excluding hydrogens is 322 g/mol. The second-order valence-electron chi connectivity index (χ2n) is 6.75. The number of carbonyl (C=O) groups excluding carboxylic acids is 2. The van der Waals surface area contributed by atoms with Gasteiger partial charge in [0.25, 0.3) is 5.91 Å². The molecule has 136 valence electrons. The maximum atomic E-state index is 12.6. The largest absolute Gasteiger partial charge is 0.497 e. The number of ether oxygens (including phenoxy) is 1. The molecular formula is C18H25N3O4. The molecule has 0 spiro atoms. The van der Waals surface area contributed by atoms with Gasteiger partial charge in [-0.3, -0.25) is 9.59 Å². The number of hydrogen-bond donors (Lipinski definition) is 2. The number of nitrogens with zero attached hydrogens (tertiary/aromatic N) is 2. The summed E-state index contributed by atoms with van der Waals surface area (Å²) in [5.74, 6) is 0.523. The summed E-state index contributed by atoms with van der Waals surface area (Å²) in [5.41, 5.74) is 6.42. The summed E-state index contributed by atoms with van der Waals surface area (Å²) in [6, 6.07) is 6.72. The number of rotatable bonds is 3. The lowest BCUT2D eigenvalue weighted by Crippen LogP contribution is -2.51. The van der Waals surface area contributed by atoms with Crippen LogP contribution in [0.3, 0.4) is 0 Å². The van der Waals surface area contributed by atoms with Gasteiger partial charge in [0.2, 0.25) is 5.91 Å². The van der Waals surface area contributed by atoms with E-state index < -0.39 is 6.10 Å². The van der Waals surface area contributed by atoms with E-state index in [1.54, 1.807) is 41.2 Å². The second-order valence-corrected chi connectivity index (χ2v) is 6.75. The van der Waals surface area contributed by atoms with Crippen LogP contribution in [-0.4, -0.2) is 72.2 Å². The molecule has 7 nitrogen and oxygen atoms in total. The summed E-state index contributed by atoms with van der Waals surface area (Å²) in [7, 11) is 1.59. The van der Waals surface area contributed by atoms with Gasteiger partial charge in [0, 0.05) is 43.7 Å². The van der Waals surface area contributed by atoms with Crippen molar-refractivity contribution in [3.05, 3.63) is 29.8 Å². The van der Waals surface area contributed by atoms with Crippen molar-refractivity contribution in [1.29, 1.82) is 0 Å². The van der Waals surface area contributed by atoms with Crippen molar-refractivity contribution in [2.75, 3.05) is 33.3 Å². The number of carbonyl (C=O) groups is 2. The van der Waals surface area contributed by atoms with Crippen LogP contribution >= 0.6 is 0 Å². The summed E-state index contributed by atoms with van der Waals surface area (Å²) < 4.78 is 5.10. The predicted octanol–water partition coefficient (Wildman–Crippen LogP) is 0.0778. The molecule has 1 aliphatic carbocycles. The fraction of sp³-hybridized carbons (Fsp3) is 0.556. The van der Waals surface area contributed by atoms with Gasteiger partial charge < -0.3 is 25.4 Å². The van der Waals surface area contributed by atoms with Crippen LogP contribution in [0.5, 0.6) is 5.75 Å². The summed E-state index contributed by atoms with van der Waals surface area (Å²) in [4.78, 5) is 28.7. The summed E-state index contributed by atoms with van der Waals surface area (Å²) in [6.07, 6.45) is 0.377. The Hall–Kier alpha value is -2.12. The van der Waals surface area contributed by atoms with Crippen LogP contribution in [0.2, 0.25) is 0 Å². The molecule has 1 aromatic carbocycles. The zero-order valence-electron chi connectivity index (χ0n) is 14.4. The summed E-state index contributed by atoms with van der Waals surface area (Å²) >= 11 is 0. The van der Waals surface area contributed by atoms with Crippen molar-refractivity contribution in [2.24, 2.45) is 11.7 Å². The highest BCUT2D eigenvalue weighted by Crippen LogP contribution is 2.27. The first-order valence-corrected chi connectivity index (χ1v) is 8.65. The first kappa shape index (κ1) is 17.7. The van der Waals surface area contributed by atoms with Crippen molar-refractivity contribution in [1.82, 2.24) is 9.80 Å². The van der Waals surface area contributed by atoms with Crippen molar-refractivity contribution in [3.8, 4) is 5.75 Å². The Morgan fingerprint density at radius 1 is 1.08 bits per heavy atom. The Balaban J connectivity index is 1.54. The molecule has 7 heteroatoms. The molecule has 3 rings (SSSR count). The molecule has 2 amide bonds. The fourth-order valence-electron chi connectivity index (χ4n) is 3.55. The minimum absolute atomic E-state index is 0.0342. The number of aliphatic hydroxyl groups excluding tert-OH is 1. The Bertz CT molecular complexity index is 616. The Kier molecular flexibility index (Phi) is 5.24. The molecule has 0 unspecified atom stereocenters. The second kappa shape index (κ2) is 7.41. The Morgan fingerprint density at radius 3 is 2.20 bits per heavy atom. The number of aliphatic hydroxyl groups is 1. The van der Waals surface area contributed by atoms with Crippen LogP contribution in [0.4, 0.5) is 0 Å². The lowest BCUT2D eigenvalue weighted by molar-refractivity contribution is -0.137. The van der Waals surface area contributed by atoms with Gasteiger partial charge in [0.1, 0.15) is 5.75 Å². The minimum atomic E-state index is -0.591. The molecule has 1 saturated heterocycles. The summed E-state index contributed by atoms with van der Waals surface area (Å²) in [6.45, 7) is 2.06. The van der Waals surface area contributed by atoms with Crippen LogP contribution in [0.25, 0.3) is 0 Å². The van der Waals surface area contributed by atoms with Crippen LogP contribution < -0.4 is 10.5 Å². The van der Waals surface area contributed by atoms with Gasteiger partial charge >= 0.3 is 0 Å². The highest BCUT2D eigenvalue weighted by Gasteiger charge is 2.37. The van der Waals surface area contributed by atoms with E-state index in [1.165, 1.54) is 0 Å². The molecule has 3 N–H and O–H groups in total. The van der Waals surface area contributed by atoms with Gasteiger partial charge in [-0.25, -0.2) is 0 Å². The highest BCUT2D eigenvalue weighted by atomic mass is 16.5. The SMILES string of the molecule is COc1ccc(C(=O)N2CCN(C(=O)[C@H]3C[C@H](N)[C@@H](O)C3)CC2)cc1. The number of hydrogen-bond acceptors (Lipinski definition) is 5. The third-order valence-corrected chi connectivity index (χ3v) is 5.14. The van der Waals surface area contributed by atoms with E-state index in [1.807, 2.05) is 0 Å². The van der Waals surface area contributed by atoms with Crippen LogP contribution in [0.1, 0.15) is 23.2 Å². The lowest BCUT2D eigenvalue weighted by Gasteiger charge is -2.36. The van der Waals surface area contributed by atoms with Crippen LogP contribution in [0.15, 0.2) is 24.3 Å². The maximum absolute atomic E-state index is 12.6. The van der Waals surface area contributed by atoms with E-state index in [4.69, 9.17) is 10.5 Å². The lowest BCUT2D eigenvalue weighted by atomic mass is 10.1. The molecule has 0 aromatic heterocycles. The van der Waals surface area contributed by atoms with E-state index in [2.05, 4.69) is 0 Å². The molecule has 1 aromatic rings. The predicted molar refractivity (Wildman–Crippen MR) is 92.2 cm³/mol. The average Bonchev–Trinajstić information content (AvgIpc) is 2.99. The van der Waals surface area contributed by atoms with Gasteiger partial charge in [0.05, 0.1) is 13.2 Å². The number of methoxy groups -OCH3 is 1. The van der Waals surface area contributed by atoms with E-state index in [0.29, 0.717) is 50.3 Å². The minimum Gasteiger partial charge on any atom is -0.497 e. The topological polar surface area (TPSA) is 96.1 Å². The van der Waals surface area contributed by atoms with E-state index >= 15 is 0 Å². The monoisotopic (exact) mass is 347 g/mol. The molecule has 2 aliphatic rings. The quantitative estimate of drug-likeness (QED) is 0.807. The van der Waals surface area contributed by atoms with Crippen LogP contribution in [0, 0.1) is 5.92 Å². The first-order chi connectivity index (χ1) is 12.0. The van der Waals surface area contributed by atoms with Crippen molar-refractivity contribution >= 4 is 11.8 Å². The molecule has 25 heavy (non-hydrogen) atoms. The van der Waals surface area contributed by atoms with Gasteiger partial charge in [-0.1, -0.05) is 0 Å². The van der Waals surface area contributed by atoms with Crippen molar-refractivity contribution < 1.29 is 19.4 Å². The third kappa shape index (κ3) is 3.77. The highest BCUT2D eigenvalue weighted by molar-refractivity contribution is 5.94. The van der Waals surface area contributed by atoms with Gasteiger partial charge in [0.15, 0.2) is 0 Å².